The first-order chi connectivity index (χ1) is 19.1. The molecule has 2 aromatic rings. The van der Waals surface area contributed by atoms with Crippen LogP contribution in [0.15, 0.2) is 75.8 Å². The number of carboxylic acids is 1. The molecule has 0 spiro atoms. The molecule has 1 aliphatic heterocycles. The Morgan fingerprint density at radius 3 is 2.55 bits per heavy atom. The van der Waals surface area contributed by atoms with Crippen LogP contribution in [0.5, 0.6) is 11.5 Å². The quantitative estimate of drug-likeness (QED) is 0.303. The fourth-order valence-corrected chi connectivity index (χ4v) is 6.94. The van der Waals surface area contributed by atoms with Crippen LogP contribution >= 0.6 is 15.9 Å². The number of carbonyl (C=O) groups excluding carboxylic acids is 4. The molecule has 0 saturated carbocycles. The van der Waals surface area contributed by atoms with Gasteiger partial charge in [-0.15, -0.1) is 0 Å². The van der Waals surface area contributed by atoms with E-state index in [4.69, 9.17) is 4.74 Å². The number of aromatic carboxylic acids is 1. The van der Waals surface area contributed by atoms with Gasteiger partial charge in [-0.25, -0.2) is 4.79 Å². The molecule has 6 rings (SSSR count). The number of benzene rings is 2. The van der Waals surface area contributed by atoms with Crippen LogP contribution in [0.2, 0.25) is 0 Å². The smallest absolute Gasteiger partial charge is 0.335 e. The number of rotatable bonds is 4. The molecule has 202 valence electrons. The molecule has 2 aromatic carbocycles. The van der Waals surface area contributed by atoms with E-state index >= 15 is 0 Å². The van der Waals surface area contributed by atoms with Gasteiger partial charge in [-0.3, -0.25) is 24.1 Å². The van der Waals surface area contributed by atoms with Crippen molar-refractivity contribution in [2.24, 2.45) is 17.8 Å². The summed E-state index contributed by atoms with van der Waals surface area (Å²) in [6.07, 6.45) is 3.47. The first-order valence-corrected chi connectivity index (χ1v) is 13.4. The third-order valence-corrected chi connectivity index (χ3v) is 8.81. The number of amides is 2. The number of halogens is 1. The van der Waals surface area contributed by atoms with Crippen molar-refractivity contribution in [1.29, 1.82) is 0 Å². The minimum atomic E-state index is -1.18. The third kappa shape index (κ3) is 3.77. The zero-order valence-corrected chi connectivity index (χ0v) is 22.7. The van der Waals surface area contributed by atoms with Gasteiger partial charge in [-0.1, -0.05) is 23.8 Å². The lowest BCUT2D eigenvalue weighted by Crippen LogP contribution is -2.39. The van der Waals surface area contributed by atoms with Crippen LogP contribution in [0, 0.1) is 17.8 Å². The summed E-state index contributed by atoms with van der Waals surface area (Å²) in [6.45, 7) is 0. The maximum atomic E-state index is 13.9. The highest BCUT2D eigenvalue weighted by molar-refractivity contribution is 9.12. The number of hydrogen-bond donors (Lipinski definition) is 2. The molecule has 40 heavy (non-hydrogen) atoms. The average molecular weight is 604 g/mol. The Morgan fingerprint density at radius 1 is 1.05 bits per heavy atom. The van der Waals surface area contributed by atoms with E-state index in [-0.39, 0.29) is 57.2 Å². The Balaban J connectivity index is 1.48. The van der Waals surface area contributed by atoms with Crippen LogP contribution in [0.3, 0.4) is 0 Å². The Bertz CT molecular complexity index is 1650. The lowest BCUT2D eigenvalue weighted by molar-refractivity contribution is -0.123. The molecule has 10 heteroatoms. The topological polar surface area (TPSA) is 138 Å². The normalized spacial score (nSPS) is 25.7. The van der Waals surface area contributed by atoms with Gasteiger partial charge in [0, 0.05) is 23.1 Å². The molecular weight excluding hydrogens is 582 g/mol. The number of allylic oxidation sites excluding steroid dienone is 6. The van der Waals surface area contributed by atoms with Crippen molar-refractivity contribution < 1.29 is 38.9 Å². The molecule has 3 aliphatic carbocycles. The Hall–Kier alpha value is -4.31. The van der Waals surface area contributed by atoms with Gasteiger partial charge in [0.2, 0.25) is 11.8 Å². The number of phenols is 1. The number of carboxylic acid groups (broad SMARTS) is 1. The molecular formula is C30H22BrNO8. The molecule has 4 aliphatic rings. The van der Waals surface area contributed by atoms with Crippen LogP contribution in [0.4, 0.5) is 5.69 Å². The largest absolute Gasteiger partial charge is 0.504 e. The molecule has 0 aromatic heterocycles. The van der Waals surface area contributed by atoms with Crippen molar-refractivity contribution >= 4 is 51.0 Å². The fraction of sp³-hybridized carbons (Fsp3) is 0.233. The summed E-state index contributed by atoms with van der Waals surface area (Å²) >= 11 is 3.20. The molecule has 2 N–H and O–H groups in total. The predicted octanol–water partition coefficient (Wildman–Crippen LogP) is 4.07. The van der Waals surface area contributed by atoms with Crippen LogP contribution in [-0.2, 0) is 19.2 Å². The van der Waals surface area contributed by atoms with Crippen LogP contribution < -0.4 is 9.64 Å². The van der Waals surface area contributed by atoms with Crippen molar-refractivity contribution in [2.75, 3.05) is 12.0 Å². The van der Waals surface area contributed by atoms with E-state index in [0.717, 1.165) is 10.5 Å². The summed E-state index contributed by atoms with van der Waals surface area (Å²) in [4.78, 5) is 66.7. The van der Waals surface area contributed by atoms with E-state index in [0.29, 0.717) is 11.1 Å². The van der Waals surface area contributed by atoms with E-state index in [1.807, 2.05) is 6.08 Å². The predicted molar refractivity (Wildman–Crippen MR) is 145 cm³/mol. The molecule has 0 unspecified atom stereocenters. The maximum Gasteiger partial charge on any atom is 0.335 e. The Labute approximate surface area is 236 Å². The standard InChI is InChI=1S/C30H22BrNO8/c1-40-23-10-13(5-8-21(23)33)24-16-6-7-17-25(18(16)11-19-26(24)22(34)12-20(31)27(19)35)29(37)32(28(17)36)15-4-2-3-14(9-15)30(38)39/h2-6,8-10,12,17-18,24-25,33H,7,11H2,1H3,(H,38,39)/t17-,18+,24-,25-/m0/s1. The molecule has 9 nitrogen and oxygen atoms in total. The second-order valence-corrected chi connectivity index (χ2v) is 11.0. The lowest BCUT2D eigenvalue weighted by Gasteiger charge is -2.42. The second-order valence-electron chi connectivity index (χ2n) is 10.2. The van der Waals surface area contributed by atoms with Gasteiger partial charge in [-0.05, 0) is 70.6 Å². The average Bonchev–Trinajstić information content (AvgIpc) is 3.20. The number of imide groups is 1. The molecule has 2 amide bonds. The van der Waals surface area contributed by atoms with Gasteiger partial charge in [-0.2, -0.15) is 0 Å². The maximum absolute atomic E-state index is 13.9. The first-order valence-electron chi connectivity index (χ1n) is 12.6. The minimum absolute atomic E-state index is 0.0523. The van der Waals surface area contributed by atoms with Crippen LogP contribution in [0.1, 0.15) is 34.7 Å². The molecule has 1 saturated heterocycles. The summed E-state index contributed by atoms with van der Waals surface area (Å²) < 4.78 is 5.42. The van der Waals surface area contributed by atoms with Gasteiger partial charge < -0.3 is 14.9 Å². The van der Waals surface area contributed by atoms with E-state index in [1.165, 1.54) is 43.5 Å². The van der Waals surface area contributed by atoms with Crippen LogP contribution in [0.25, 0.3) is 0 Å². The minimum Gasteiger partial charge on any atom is -0.504 e. The summed E-state index contributed by atoms with van der Waals surface area (Å²) in [5.74, 6) is -5.40. The van der Waals surface area contributed by atoms with Crippen molar-refractivity contribution in [3.05, 3.63) is 86.9 Å². The van der Waals surface area contributed by atoms with E-state index in [2.05, 4.69) is 15.9 Å². The van der Waals surface area contributed by atoms with Crippen molar-refractivity contribution in [1.82, 2.24) is 0 Å². The molecule has 0 radical (unpaired) electrons. The number of ketones is 2. The fourth-order valence-electron chi connectivity index (χ4n) is 6.49. The number of fused-ring (bicyclic) bond motifs is 3. The van der Waals surface area contributed by atoms with Gasteiger partial charge in [0.25, 0.3) is 0 Å². The Kier molecular flexibility index (Phi) is 6.10. The van der Waals surface area contributed by atoms with Crippen LogP contribution in [-0.4, -0.2) is 46.7 Å². The lowest BCUT2D eigenvalue weighted by atomic mass is 9.59. The summed E-state index contributed by atoms with van der Waals surface area (Å²) in [7, 11) is 1.41. The van der Waals surface area contributed by atoms with Crippen molar-refractivity contribution in [3.63, 3.8) is 0 Å². The number of nitrogens with zero attached hydrogens (tertiary/aromatic N) is 1. The van der Waals surface area contributed by atoms with Crippen molar-refractivity contribution in [2.45, 2.75) is 18.8 Å². The zero-order valence-electron chi connectivity index (χ0n) is 21.1. The number of Topliss-reactive ketones (excluding diaryl/α,β-unsaturated/α-hetero) is 1. The monoisotopic (exact) mass is 603 g/mol. The number of ether oxygens (including phenoxy) is 1. The van der Waals surface area contributed by atoms with E-state index in [1.54, 1.807) is 12.1 Å². The molecule has 1 fully saturated rings. The number of hydrogen-bond acceptors (Lipinski definition) is 7. The first kappa shape index (κ1) is 25.9. The van der Waals surface area contributed by atoms with Gasteiger partial charge >= 0.3 is 5.97 Å². The zero-order chi connectivity index (χ0) is 28.5. The van der Waals surface area contributed by atoms with E-state index < -0.39 is 41.5 Å². The number of carbonyl (C=O) groups is 5. The molecule has 0 bridgehead atoms. The Morgan fingerprint density at radius 2 is 1.82 bits per heavy atom. The summed E-state index contributed by atoms with van der Waals surface area (Å²) in [5.41, 5.74) is 2.07. The van der Waals surface area contributed by atoms with E-state index in [9.17, 15) is 34.2 Å². The summed E-state index contributed by atoms with van der Waals surface area (Å²) in [6, 6.07) is 10.4. The highest BCUT2D eigenvalue weighted by Crippen LogP contribution is 2.56. The van der Waals surface area contributed by atoms with Gasteiger partial charge in [0.1, 0.15) is 0 Å². The third-order valence-electron chi connectivity index (χ3n) is 8.22. The highest BCUT2D eigenvalue weighted by atomic mass is 79.9. The van der Waals surface area contributed by atoms with Gasteiger partial charge in [0.05, 0.1) is 34.7 Å². The summed E-state index contributed by atoms with van der Waals surface area (Å²) in [5, 5.41) is 19.6. The number of aromatic hydroxyl groups is 1. The molecule has 4 atom stereocenters. The van der Waals surface area contributed by atoms with Gasteiger partial charge in [0.15, 0.2) is 23.1 Å². The molecule has 1 heterocycles. The second kappa shape index (κ2) is 9.41. The number of methoxy groups -OCH3 is 1. The highest BCUT2D eigenvalue weighted by Gasteiger charge is 2.56. The SMILES string of the molecule is COc1cc([C@H]2C3=CC[C@@H]4C(=O)N(c5cccc(C(=O)O)c5)C(=O)[C@@H]4[C@@H]3CC3=C2C(=O)C=C(Br)C3=O)ccc1O. The number of phenolic OH excluding ortho intramolecular Hbond substituents is 1. The number of anilines is 1. The van der Waals surface area contributed by atoms with Crippen molar-refractivity contribution in [3.8, 4) is 11.5 Å².